The summed E-state index contributed by atoms with van der Waals surface area (Å²) in [6, 6.07) is 32.6. The lowest BCUT2D eigenvalue weighted by molar-refractivity contribution is -0.140. The highest BCUT2D eigenvalue weighted by atomic mass is 79.9. The van der Waals surface area contributed by atoms with E-state index in [9.17, 15) is 14.0 Å². The summed E-state index contributed by atoms with van der Waals surface area (Å²) in [5.74, 6) is -1.08. The van der Waals surface area contributed by atoms with Crippen molar-refractivity contribution in [1.82, 2.24) is 39.7 Å². The average Bonchev–Trinajstić information content (AvgIpc) is 3.79. The second-order valence-electron chi connectivity index (χ2n) is 13.2. The maximum Gasteiger partial charge on any atom is 0.253 e. The van der Waals surface area contributed by atoms with Crippen LogP contribution in [0.3, 0.4) is 0 Å². The first-order valence-electron chi connectivity index (χ1n) is 17.3. The molecular formula is C41H34BrFN8O2. The Morgan fingerprint density at radius 1 is 0.887 bits per heavy atom. The molecule has 53 heavy (non-hydrogen) atoms. The van der Waals surface area contributed by atoms with Crippen molar-refractivity contribution in [3.8, 4) is 16.9 Å². The highest BCUT2D eigenvalue weighted by molar-refractivity contribution is 9.10. The van der Waals surface area contributed by atoms with Crippen LogP contribution in [0.2, 0.25) is 0 Å². The number of benzene rings is 3. The van der Waals surface area contributed by atoms with Gasteiger partial charge in [0.15, 0.2) is 0 Å². The van der Waals surface area contributed by atoms with Gasteiger partial charge in [-0.1, -0.05) is 81.8 Å². The Morgan fingerprint density at radius 2 is 1.70 bits per heavy atom. The third-order valence-electron chi connectivity index (χ3n) is 9.58. The molecule has 0 bridgehead atoms. The Kier molecular flexibility index (Phi) is 9.60. The third-order valence-corrected chi connectivity index (χ3v) is 10.1. The lowest BCUT2D eigenvalue weighted by Gasteiger charge is -2.38. The molecule has 2 amide bonds. The van der Waals surface area contributed by atoms with Gasteiger partial charge in [-0.15, -0.1) is 5.10 Å². The summed E-state index contributed by atoms with van der Waals surface area (Å²) in [5.41, 5.74) is 6.15. The number of aromatic nitrogens is 6. The number of nitrogens with zero attached hydrogens (tertiary/aromatic N) is 7. The smallest absolute Gasteiger partial charge is 0.253 e. The Labute approximate surface area is 313 Å². The summed E-state index contributed by atoms with van der Waals surface area (Å²) in [7, 11) is 0. The second-order valence-corrected chi connectivity index (χ2v) is 14.1. The Balaban J connectivity index is 0.923. The fraction of sp³-hybridized carbons (Fsp3) is 0.171. The lowest BCUT2D eigenvalue weighted by atomic mass is 9.79. The van der Waals surface area contributed by atoms with Crippen molar-refractivity contribution < 1.29 is 14.0 Å². The van der Waals surface area contributed by atoms with Gasteiger partial charge in [0.1, 0.15) is 11.5 Å². The fourth-order valence-corrected chi connectivity index (χ4v) is 7.12. The topological polar surface area (TPSA) is 111 Å². The van der Waals surface area contributed by atoms with Gasteiger partial charge in [-0.3, -0.25) is 19.6 Å². The van der Waals surface area contributed by atoms with Gasteiger partial charge in [-0.2, -0.15) is 0 Å². The van der Waals surface area contributed by atoms with Crippen LogP contribution < -0.4 is 5.32 Å². The molecule has 10 nitrogen and oxygen atoms in total. The molecule has 1 aliphatic carbocycles. The molecule has 264 valence electrons. The number of amides is 2. The van der Waals surface area contributed by atoms with Crippen LogP contribution in [0.5, 0.6) is 0 Å². The first kappa shape index (κ1) is 34.1. The van der Waals surface area contributed by atoms with Gasteiger partial charge >= 0.3 is 0 Å². The molecule has 0 radical (unpaired) electrons. The predicted octanol–water partition coefficient (Wildman–Crippen LogP) is 7.37. The number of hydrogen-bond acceptors (Lipinski definition) is 6. The van der Waals surface area contributed by atoms with Crippen LogP contribution in [0.25, 0.3) is 27.8 Å². The van der Waals surface area contributed by atoms with Gasteiger partial charge < -0.3 is 14.8 Å². The van der Waals surface area contributed by atoms with Crippen molar-refractivity contribution in [3.05, 3.63) is 161 Å². The largest absolute Gasteiger partial charge is 0.349 e. The third kappa shape index (κ3) is 7.49. The zero-order valence-electron chi connectivity index (χ0n) is 28.5. The van der Waals surface area contributed by atoms with E-state index in [2.05, 4.69) is 76.4 Å². The number of fused-ring (bicyclic) bond motifs is 1. The number of rotatable bonds is 11. The highest BCUT2D eigenvalue weighted by Gasteiger charge is 2.38. The Morgan fingerprint density at radius 3 is 2.51 bits per heavy atom. The van der Waals surface area contributed by atoms with Crippen LogP contribution in [0.15, 0.2) is 132 Å². The van der Waals surface area contributed by atoms with Crippen molar-refractivity contribution in [2.75, 3.05) is 0 Å². The van der Waals surface area contributed by atoms with Gasteiger partial charge in [-0.25, -0.2) is 9.07 Å². The molecule has 7 aromatic rings. The highest BCUT2D eigenvalue weighted by Crippen LogP contribution is 2.32. The van der Waals surface area contributed by atoms with Crippen molar-refractivity contribution >= 4 is 38.6 Å². The summed E-state index contributed by atoms with van der Waals surface area (Å²) in [5, 5.41) is 13.0. The molecule has 0 unspecified atom stereocenters. The summed E-state index contributed by atoms with van der Waals surface area (Å²) >= 11 is 3.30. The molecule has 1 saturated carbocycles. The van der Waals surface area contributed by atoms with Crippen LogP contribution in [-0.4, -0.2) is 52.3 Å². The summed E-state index contributed by atoms with van der Waals surface area (Å²) in [6.45, 7) is 0.867. The Hall–Kier alpha value is -6.01. The maximum atomic E-state index is 14.8. The molecule has 8 rings (SSSR count). The van der Waals surface area contributed by atoms with Crippen LogP contribution in [0.4, 0.5) is 4.39 Å². The van der Waals surface area contributed by atoms with Gasteiger partial charge in [0, 0.05) is 57.5 Å². The number of pyridine rings is 2. The zero-order valence-corrected chi connectivity index (χ0v) is 30.1. The SMILES string of the molecule is O=C(NC1CC(C(=O)N(Cc2ccccn2)Cc2ccc(Br)cc2F)C1)c1cncc(-n2cc(Cn3c(-c4ccccc4)cc4ccccc43)nn2)c1. The fourth-order valence-electron chi connectivity index (χ4n) is 6.78. The number of halogens is 2. The minimum atomic E-state index is -0.387. The summed E-state index contributed by atoms with van der Waals surface area (Å²) < 4.78 is 19.3. The lowest BCUT2D eigenvalue weighted by Crippen LogP contribution is -2.50. The Bertz CT molecular complexity index is 2410. The molecule has 1 fully saturated rings. The molecule has 4 aromatic heterocycles. The minimum absolute atomic E-state index is 0.0991. The molecule has 0 saturated heterocycles. The number of nitrogens with one attached hydrogen (secondary N) is 1. The maximum absolute atomic E-state index is 14.8. The standard InChI is InChI=1S/C41H34BrFN8O2/c42-32-14-13-29(37(43)20-32)23-49(24-33-11-6-7-15-45-33)41(53)30-16-34(17-30)46-40(52)31-18-36(22-44-21-31)51-26-35(47-48-51)25-50-38-12-5-4-10-28(38)19-39(50)27-8-2-1-3-9-27/h1-15,18-22,26,30,34H,16-17,23-25H2,(H,46,52). The quantitative estimate of drug-likeness (QED) is 0.147. The van der Waals surface area contributed by atoms with E-state index in [4.69, 9.17) is 0 Å². The van der Waals surface area contributed by atoms with E-state index in [1.165, 1.54) is 12.3 Å². The minimum Gasteiger partial charge on any atom is -0.349 e. The van der Waals surface area contributed by atoms with Crippen molar-refractivity contribution in [2.24, 2.45) is 5.92 Å². The zero-order chi connectivity index (χ0) is 36.3. The average molecular weight is 770 g/mol. The molecule has 0 atom stereocenters. The molecule has 3 aromatic carbocycles. The first-order chi connectivity index (χ1) is 25.9. The first-order valence-corrected chi connectivity index (χ1v) is 18.1. The summed E-state index contributed by atoms with van der Waals surface area (Å²) in [6.07, 6.45) is 7.62. The van der Waals surface area contributed by atoms with E-state index < -0.39 is 0 Å². The molecule has 1 N–H and O–H groups in total. The van der Waals surface area contributed by atoms with Crippen LogP contribution >= 0.6 is 15.9 Å². The molecule has 0 spiro atoms. The number of carbonyl (C=O) groups excluding carboxylic acids is 2. The summed E-state index contributed by atoms with van der Waals surface area (Å²) in [4.78, 5) is 37.4. The van der Waals surface area contributed by atoms with Crippen LogP contribution in [0, 0.1) is 11.7 Å². The van der Waals surface area contributed by atoms with E-state index in [-0.39, 0.29) is 42.7 Å². The van der Waals surface area contributed by atoms with E-state index >= 15 is 0 Å². The second kappa shape index (κ2) is 14.9. The molecule has 0 aliphatic heterocycles. The van der Waals surface area contributed by atoms with Gasteiger partial charge in [-0.05, 0) is 60.9 Å². The van der Waals surface area contributed by atoms with Gasteiger partial charge in [0.25, 0.3) is 5.91 Å². The number of carbonyl (C=O) groups is 2. The van der Waals surface area contributed by atoms with Crippen molar-refractivity contribution in [3.63, 3.8) is 0 Å². The van der Waals surface area contributed by atoms with Gasteiger partial charge in [0.2, 0.25) is 5.91 Å². The molecule has 1 aliphatic rings. The molecular weight excluding hydrogens is 735 g/mol. The van der Waals surface area contributed by atoms with Crippen LogP contribution in [0.1, 0.15) is 40.2 Å². The van der Waals surface area contributed by atoms with E-state index in [0.717, 1.165) is 27.9 Å². The normalized spacial score (nSPS) is 15.2. The van der Waals surface area contributed by atoms with E-state index in [1.54, 1.807) is 40.2 Å². The van der Waals surface area contributed by atoms with E-state index in [1.807, 2.05) is 54.7 Å². The van der Waals surface area contributed by atoms with Crippen molar-refractivity contribution in [1.29, 1.82) is 0 Å². The number of para-hydroxylation sites is 1. The van der Waals surface area contributed by atoms with Crippen molar-refractivity contribution in [2.45, 2.75) is 38.5 Å². The van der Waals surface area contributed by atoms with Gasteiger partial charge in [0.05, 0.1) is 42.4 Å². The molecule has 12 heteroatoms. The monoisotopic (exact) mass is 768 g/mol. The molecule has 4 heterocycles. The van der Waals surface area contributed by atoms with Crippen LogP contribution in [-0.2, 0) is 24.4 Å². The number of hydrogen-bond donors (Lipinski definition) is 1. The predicted molar refractivity (Wildman–Crippen MR) is 202 cm³/mol. The van der Waals surface area contributed by atoms with E-state index in [0.29, 0.717) is 46.4 Å².